The number of benzene rings is 1. The van der Waals surface area contributed by atoms with Crippen LogP contribution in [0, 0.1) is 20.8 Å². The summed E-state index contributed by atoms with van der Waals surface area (Å²) in [7, 11) is 2.02. The number of rotatable bonds is 3. The van der Waals surface area contributed by atoms with Gasteiger partial charge in [0.25, 0.3) is 0 Å². The van der Waals surface area contributed by atoms with Crippen LogP contribution in [-0.2, 0) is 0 Å². The van der Waals surface area contributed by atoms with E-state index in [0.717, 1.165) is 0 Å². The number of hydrogen-bond donors (Lipinski definition) is 1. The van der Waals surface area contributed by atoms with E-state index in [0.29, 0.717) is 0 Å². The fourth-order valence-corrected chi connectivity index (χ4v) is 3.97. The Morgan fingerprint density at radius 3 is 2.11 bits per heavy atom. The first-order valence-electron chi connectivity index (χ1n) is 6.02. The summed E-state index contributed by atoms with van der Waals surface area (Å²) in [6, 6.07) is 9.23. The Morgan fingerprint density at radius 2 is 1.67 bits per heavy atom. The Kier molecular flexibility index (Phi) is 4.25. The number of halogens is 1. The van der Waals surface area contributed by atoms with Gasteiger partial charge in [-0.05, 0) is 55.4 Å². The van der Waals surface area contributed by atoms with Crippen molar-refractivity contribution in [2.45, 2.75) is 26.8 Å². The molecular formula is C15H18BrNS. The molecule has 0 saturated heterocycles. The van der Waals surface area contributed by atoms with Gasteiger partial charge in [-0.25, -0.2) is 0 Å². The maximum absolute atomic E-state index is 3.60. The van der Waals surface area contributed by atoms with Crippen LogP contribution in [0.1, 0.15) is 32.5 Å². The van der Waals surface area contributed by atoms with Crippen molar-refractivity contribution in [2.24, 2.45) is 0 Å². The molecule has 96 valence electrons. The van der Waals surface area contributed by atoms with Gasteiger partial charge in [0, 0.05) is 14.2 Å². The maximum atomic E-state index is 3.60. The van der Waals surface area contributed by atoms with E-state index in [4.69, 9.17) is 0 Å². The highest BCUT2D eigenvalue weighted by molar-refractivity contribution is 9.10. The zero-order valence-corrected chi connectivity index (χ0v) is 13.6. The predicted octanol–water partition coefficient (Wildman–Crippen LogP) is 4.74. The monoisotopic (exact) mass is 323 g/mol. The van der Waals surface area contributed by atoms with E-state index in [1.807, 2.05) is 18.4 Å². The SMILES string of the molecule is CNC(c1cc(C)cc(C)c1)c1cc(Br)c(C)s1. The molecule has 1 aromatic heterocycles. The standard InChI is InChI=1S/C15H18BrNS/c1-9-5-10(2)7-12(6-9)15(17-4)14-8-13(16)11(3)18-14/h5-8,15,17H,1-4H3. The second-order valence-corrected chi connectivity index (χ2v) is 6.84. The molecule has 0 radical (unpaired) electrons. The fraction of sp³-hybridized carbons (Fsp3) is 0.333. The van der Waals surface area contributed by atoms with Gasteiger partial charge in [-0.15, -0.1) is 11.3 Å². The first kappa shape index (κ1) is 13.8. The minimum atomic E-state index is 0.276. The molecule has 0 bridgehead atoms. The lowest BCUT2D eigenvalue weighted by Crippen LogP contribution is -2.16. The summed E-state index contributed by atoms with van der Waals surface area (Å²) in [4.78, 5) is 2.68. The van der Waals surface area contributed by atoms with Crippen molar-refractivity contribution >= 4 is 27.3 Å². The summed E-state index contributed by atoms with van der Waals surface area (Å²) in [5.41, 5.74) is 3.97. The molecular weight excluding hydrogens is 306 g/mol. The molecule has 1 atom stereocenters. The van der Waals surface area contributed by atoms with E-state index in [2.05, 4.69) is 66.3 Å². The molecule has 0 aliphatic heterocycles. The molecule has 1 heterocycles. The molecule has 18 heavy (non-hydrogen) atoms. The smallest absolute Gasteiger partial charge is 0.0669 e. The second-order valence-electron chi connectivity index (χ2n) is 4.70. The van der Waals surface area contributed by atoms with Gasteiger partial charge in [-0.1, -0.05) is 29.3 Å². The van der Waals surface area contributed by atoms with Gasteiger partial charge < -0.3 is 5.32 Å². The van der Waals surface area contributed by atoms with Gasteiger partial charge >= 0.3 is 0 Å². The van der Waals surface area contributed by atoms with Crippen molar-refractivity contribution in [3.8, 4) is 0 Å². The van der Waals surface area contributed by atoms with Crippen LogP contribution in [0.15, 0.2) is 28.7 Å². The van der Waals surface area contributed by atoms with Gasteiger partial charge in [0.15, 0.2) is 0 Å². The lowest BCUT2D eigenvalue weighted by atomic mass is 10.0. The van der Waals surface area contributed by atoms with Crippen LogP contribution in [0.25, 0.3) is 0 Å². The number of thiophene rings is 1. The lowest BCUT2D eigenvalue weighted by Gasteiger charge is -2.16. The van der Waals surface area contributed by atoms with Gasteiger partial charge in [0.05, 0.1) is 6.04 Å². The van der Waals surface area contributed by atoms with Crippen LogP contribution in [0.2, 0.25) is 0 Å². The van der Waals surface area contributed by atoms with E-state index in [1.54, 1.807) is 0 Å². The van der Waals surface area contributed by atoms with Crippen molar-refractivity contribution in [1.82, 2.24) is 5.32 Å². The van der Waals surface area contributed by atoms with Gasteiger partial charge in [0.2, 0.25) is 0 Å². The third kappa shape index (κ3) is 2.85. The largest absolute Gasteiger partial charge is 0.309 e. The Bertz CT molecular complexity index is 520. The number of aryl methyl sites for hydroxylation is 3. The molecule has 3 heteroatoms. The highest BCUT2D eigenvalue weighted by atomic mass is 79.9. The molecule has 0 spiro atoms. The minimum absolute atomic E-state index is 0.276. The van der Waals surface area contributed by atoms with E-state index >= 15 is 0 Å². The van der Waals surface area contributed by atoms with E-state index in [1.165, 1.54) is 30.9 Å². The van der Waals surface area contributed by atoms with Crippen LogP contribution in [0.4, 0.5) is 0 Å². The zero-order valence-electron chi connectivity index (χ0n) is 11.2. The van der Waals surface area contributed by atoms with Crippen molar-refractivity contribution in [1.29, 1.82) is 0 Å². The molecule has 0 fully saturated rings. The molecule has 0 amide bonds. The molecule has 2 aromatic rings. The molecule has 2 rings (SSSR count). The van der Waals surface area contributed by atoms with E-state index < -0.39 is 0 Å². The summed E-state index contributed by atoms with van der Waals surface area (Å²) in [5.74, 6) is 0. The van der Waals surface area contributed by atoms with Gasteiger partial charge in [-0.2, -0.15) is 0 Å². The van der Waals surface area contributed by atoms with Crippen molar-refractivity contribution in [3.63, 3.8) is 0 Å². The highest BCUT2D eigenvalue weighted by Gasteiger charge is 2.16. The second kappa shape index (κ2) is 5.55. The molecule has 1 N–H and O–H groups in total. The number of hydrogen-bond acceptors (Lipinski definition) is 2. The Balaban J connectivity index is 2.44. The first-order chi connectivity index (χ1) is 8.51. The predicted molar refractivity (Wildman–Crippen MR) is 83.6 cm³/mol. The third-order valence-electron chi connectivity index (χ3n) is 3.03. The maximum Gasteiger partial charge on any atom is 0.0669 e. The Hall–Kier alpha value is -0.640. The topological polar surface area (TPSA) is 12.0 Å². The normalized spacial score (nSPS) is 12.7. The third-order valence-corrected chi connectivity index (χ3v) is 5.23. The summed E-state index contributed by atoms with van der Waals surface area (Å²) in [6.07, 6.45) is 0. The van der Waals surface area contributed by atoms with Gasteiger partial charge in [0.1, 0.15) is 0 Å². The van der Waals surface area contributed by atoms with E-state index in [-0.39, 0.29) is 6.04 Å². The fourth-order valence-electron chi connectivity index (χ4n) is 2.27. The highest BCUT2D eigenvalue weighted by Crippen LogP contribution is 2.34. The molecule has 1 aromatic carbocycles. The summed E-state index contributed by atoms with van der Waals surface area (Å²) in [5, 5.41) is 3.42. The molecule has 0 saturated carbocycles. The minimum Gasteiger partial charge on any atom is -0.309 e. The average molecular weight is 324 g/mol. The molecule has 0 aliphatic rings. The van der Waals surface area contributed by atoms with E-state index in [9.17, 15) is 0 Å². The van der Waals surface area contributed by atoms with Crippen LogP contribution in [-0.4, -0.2) is 7.05 Å². The molecule has 1 unspecified atom stereocenters. The van der Waals surface area contributed by atoms with Crippen molar-refractivity contribution < 1.29 is 0 Å². The Labute approximate surface area is 121 Å². The first-order valence-corrected chi connectivity index (χ1v) is 7.63. The van der Waals surface area contributed by atoms with Crippen molar-refractivity contribution in [2.75, 3.05) is 7.05 Å². The van der Waals surface area contributed by atoms with Crippen molar-refractivity contribution in [3.05, 3.63) is 55.2 Å². The summed E-state index contributed by atoms with van der Waals surface area (Å²) < 4.78 is 1.20. The zero-order chi connectivity index (χ0) is 13.3. The average Bonchev–Trinajstić information content (AvgIpc) is 2.58. The quantitative estimate of drug-likeness (QED) is 0.859. The summed E-state index contributed by atoms with van der Waals surface area (Å²) in [6.45, 7) is 6.45. The van der Waals surface area contributed by atoms with Crippen LogP contribution >= 0.6 is 27.3 Å². The van der Waals surface area contributed by atoms with Gasteiger partial charge in [-0.3, -0.25) is 0 Å². The van der Waals surface area contributed by atoms with Crippen LogP contribution in [0.3, 0.4) is 0 Å². The summed E-state index contributed by atoms with van der Waals surface area (Å²) >= 11 is 5.44. The molecule has 0 aliphatic carbocycles. The van der Waals surface area contributed by atoms with Crippen LogP contribution < -0.4 is 5.32 Å². The van der Waals surface area contributed by atoms with Crippen LogP contribution in [0.5, 0.6) is 0 Å². The number of nitrogens with one attached hydrogen (secondary N) is 1. The lowest BCUT2D eigenvalue weighted by molar-refractivity contribution is 0.702. The Morgan fingerprint density at radius 1 is 1.06 bits per heavy atom. The molecule has 1 nitrogen and oxygen atoms in total.